The molecular weight excluding hydrogens is 292 g/mol. The molecule has 5 nitrogen and oxygen atoms in total. The summed E-state index contributed by atoms with van der Waals surface area (Å²) >= 11 is 0. The summed E-state index contributed by atoms with van der Waals surface area (Å²) in [6.07, 6.45) is 0. The summed E-state index contributed by atoms with van der Waals surface area (Å²) in [6, 6.07) is 16.3. The van der Waals surface area contributed by atoms with Crippen LogP contribution in [0.25, 0.3) is 0 Å². The first-order valence-corrected chi connectivity index (χ1v) is 7.57. The van der Waals surface area contributed by atoms with Crippen LogP contribution in [0.4, 0.5) is 0 Å². The van der Waals surface area contributed by atoms with Gasteiger partial charge in [0.25, 0.3) is 5.91 Å². The molecule has 2 aromatic rings. The Hall–Kier alpha value is -2.53. The molecule has 0 bridgehead atoms. The minimum atomic E-state index is -0.511. The van der Waals surface area contributed by atoms with Gasteiger partial charge in [0.2, 0.25) is 0 Å². The molecule has 0 spiro atoms. The maximum atomic E-state index is 11.0. The van der Waals surface area contributed by atoms with Crippen LogP contribution in [0.15, 0.2) is 48.5 Å². The fourth-order valence-corrected chi connectivity index (χ4v) is 2.39. The molecule has 23 heavy (non-hydrogen) atoms. The number of benzene rings is 2. The van der Waals surface area contributed by atoms with Crippen molar-refractivity contribution in [3.05, 3.63) is 59.7 Å². The molecule has 0 aromatic heterocycles. The molecule has 122 valence electrons. The van der Waals surface area contributed by atoms with Crippen LogP contribution in [-0.4, -0.2) is 19.6 Å². The highest BCUT2D eigenvalue weighted by atomic mass is 16.5. The average molecular weight is 315 g/mol. The highest BCUT2D eigenvalue weighted by Crippen LogP contribution is 2.30. The molecule has 5 heteroatoms. The van der Waals surface area contributed by atoms with E-state index in [0.717, 1.165) is 5.56 Å². The molecule has 4 N–H and O–H groups in total. The normalized spacial score (nSPS) is 11.7. The van der Waals surface area contributed by atoms with E-state index in [0.29, 0.717) is 24.1 Å². The third-order valence-corrected chi connectivity index (χ3v) is 3.66. The number of rotatable bonds is 8. The Morgan fingerprint density at radius 3 is 2.57 bits per heavy atom. The summed E-state index contributed by atoms with van der Waals surface area (Å²) in [7, 11) is 1.58. The van der Waals surface area contributed by atoms with Gasteiger partial charge < -0.3 is 20.5 Å². The Balaban J connectivity index is 2.10. The van der Waals surface area contributed by atoms with E-state index >= 15 is 0 Å². The van der Waals surface area contributed by atoms with Crippen LogP contribution in [0, 0.1) is 0 Å². The molecule has 0 saturated heterocycles. The molecule has 0 heterocycles. The van der Waals surface area contributed by atoms with Gasteiger partial charge in [0.1, 0.15) is 12.6 Å². The Bertz CT molecular complexity index is 644. The van der Waals surface area contributed by atoms with Crippen LogP contribution < -0.4 is 20.5 Å². The number of para-hydroxylation sites is 1. The van der Waals surface area contributed by atoms with Crippen LogP contribution >= 0.6 is 0 Å². The highest BCUT2D eigenvalue weighted by molar-refractivity contribution is 5.75. The van der Waals surface area contributed by atoms with Gasteiger partial charge in [0.15, 0.2) is 18.1 Å². The molecule has 1 atom stereocenters. The zero-order valence-corrected chi connectivity index (χ0v) is 13.5. The maximum absolute atomic E-state index is 11.0. The van der Waals surface area contributed by atoms with E-state index in [-0.39, 0.29) is 6.61 Å². The number of hydrogen-bond donors (Lipinski definition) is 2. The number of quaternary nitrogens is 1. The second-order valence-electron chi connectivity index (χ2n) is 5.34. The number of carbonyl (C=O) groups is 1. The maximum Gasteiger partial charge on any atom is 0.255 e. The molecule has 0 aliphatic rings. The molecule has 0 fully saturated rings. The lowest BCUT2D eigenvalue weighted by Crippen LogP contribution is -2.83. The molecule has 0 aliphatic heterocycles. The number of methoxy groups -OCH3 is 1. The average Bonchev–Trinajstić information content (AvgIpc) is 2.58. The second kappa shape index (κ2) is 8.19. The Morgan fingerprint density at radius 2 is 1.91 bits per heavy atom. The molecule has 2 aromatic carbocycles. The highest BCUT2D eigenvalue weighted by Gasteiger charge is 2.15. The monoisotopic (exact) mass is 315 g/mol. The quantitative estimate of drug-likeness (QED) is 0.772. The number of carbonyl (C=O) groups excluding carboxylic acids is 1. The first-order valence-electron chi connectivity index (χ1n) is 7.57. The Kier molecular flexibility index (Phi) is 6.00. The lowest BCUT2D eigenvalue weighted by atomic mass is 10.1. The second-order valence-corrected chi connectivity index (χ2v) is 5.34. The lowest BCUT2D eigenvalue weighted by molar-refractivity contribution is -0.708. The van der Waals surface area contributed by atoms with Gasteiger partial charge in [-0.15, -0.1) is 0 Å². The third kappa shape index (κ3) is 4.72. The number of hydrogen-bond acceptors (Lipinski definition) is 3. The van der Waals surface area contributed by atoms with Gasteiger partial charge in [-0.1, -0.05) is 36.4 Å². The smallest absolute Gasteiger partial charge is 0.255 e. The molecular formula is C18H23N2O3+. The van der Waals surface area contributed by atoms with Gasteiger partial charge in [-0.2, -0.15) is 0 Å². The van der Waals surface area contributed by atoms with Crippen molar-refractivity contribution in [3.63, 3.8) is 0 Å². The van der Waals surface area contributed by atoms with Gasteiger partial charge in [0, 0.05) is 5.56 Å². The fourth-order valence-electron chi connectivity index (χ4n) is 2.39. The van der Waals surface area contributed by atoms with E-state index in [1.54, 1.807) is 13.2 Å². The first kappa shape index (κ1) is 16.8. The third-order valence-electron chi connectivity index (χ3n) is 3.66. The predicted molar refractivity (Wildman–Crippen MR) is 88.2 cm³/mol. The topological polar surface area (TPSA) is 78.2 Å². The van der Waals surface area contributed by atoms with E-state index in [2.05, 4.69) is 24.4 Å². The van der Waals surface area contributed by atoms with Gasteiger partial charge in [-0.25, -0.2) is 0 Å². The number of primary amides is 1. The molecule has 0 aliphatic carbocycles. The summed E-state index contributed by atoms with van der Waals surface area (Å²) in [4.78, 5) is 11.0. The van der Waals surface area contributed by atoms with Gasteiger partial charge in [-0.05, 0) is 19.1 Å². The van der Waals surface area contributed by atoms with Crippen LogP contribution in [0.1, 0.15) is 24.1 Å². The van der Waals surface area contributed by atoms with Crippen molar-refractivity contribution in [3.8, 4) is 11.5 Å². The van der Waals surface area contributed by atoms with Crippen LogP contribution in [0.3, 0.4) is 0 Å². The standard InChI is InChI=1S/C18H22N2O3/c1-13(14-7-4-3-5-8-14)20-11-15-9-6-10-16(22-2)18(15)23-12-17(19)21/h3-10,13,20H,11-12H2,1-2H3,(H2,19,21)/p+1/t13-/m0/s1. The van der Waals surface area contributed by atoms with Crippen molar-refractivity contribution >= 4 is 5.91 Å². The van der Waals surface area contributed by atoms with Gasteiger partial charge >= 0.3 is 0 Å². The lowest BCUT2D eigenvalue weighted by Gasteiger charge is -2.15. The Labute approximate surface area is 136 Å². The van der Waals surface area contributed by atoms with Crippen molar-refractivity contribution in [2.75, 3.05) is 13.7 Å². The minimum absolute atomic E-state index is 0.165. The summed E-state index contributed by atoms with van der Waals surface area (Å²) in [5.41, 5.74) is 7.39. The summed E-state index contributed by atoms with van der Waals surface area (Å²) in [5.74, 6) is 0.665. The number of ether oxygens (including phenoxy) is 2. The van der Waals surface area contributed by atoms with Gasteiger partial charge in [-0.3, -0.25) is 4.79 Å². The van der Waals surface area contributed by atoms with Crippen LogP contribution in [0.2, 0.25) is 0 Å². The number of nitrogens with two attached hydrogens (primary N) is 2. The minimum Gasteiger partial charge on any atom is -0.493 e. The largest absolute Gasteiger partial charge is 0.493 e. The summed E-state index contributed by atoms with van der Waals surface area (Å²) < 4.78 is 10.9. The van der Waals surface area contributed by atoms with E-state index in [1.165, 1.54) is 5.56 Å². The molecule has 2 rings (SSSR count). The molecule has 0 unspecified atom stereocenters. The zero-order valence-electron chi connectivity index (χ0n) is 13.5. The van der Waals surface area contributed by atoms with E-state index < -0.39 is 5.91 Å². The van der Waals surface area contributed by atoms with Crippen molar-refractivity contribution in [1.82, 2.24) is 0 Å². The van der Waals surface area contributed by atoms with E-state index in [9.17, 15) is 4.79 Å². The molecule has 1 amide bonds. The van der Waals surface area contributed by atoms with Crippen molar-refractivity contribution in [2.24, 2.45) is 5.73 Å². The van der Waals surface area contributed by atoms with Gasteiger partial charge in [0.05, 0.1) is 12.7 Å². The first-order chi connectivity index (χ1) is 11.1. The molecule has 0 radical (unpaired) electrons. The summed E-state index contributed by atoms with van der Waals surface area (Å²) in [5, 5.41) is 2.21. The van der Waals surface area contributed by atoms with Crippen molar-refractivity contribution in [1.29, 1.82) is 0 Å². The summed E-state index contributed by atoms with van der Waals surface area (Å²) in [6.45, 7) is 2.70. The van der Waals surface area contributed by atoms with E-state index in [1.807, 2.05) is 30.3 Å². The van der Waals surface area contributed by atoms with E-state index in [4.69, 9.17) is 15.2 Å². The fraction of sp³-hybridized carbons (Fsp3) is 0.278. The number of amides is 1. The molecule has 0 saturated carbocycles. The van der Waals surface area contributed by atoms with Crippen molar-refractivity contribution in [2.45, 2.75) is 19.5 Å². The van der Waals surface area contributed by atoms with Crippen LogP contribution in [-0.2, 0) is 11.3 Å². The Morgan fingerprint density at radius 1 is 1.17 bits per heavy atom. The van der Waals surface area contributed by atoms with Crippen LogP contribution in [0.5, 0.6) is 11.5 Å². The van der Waals surface area contributed by atoms with Crippen molar-refractivity contribution < 1.29 is 19.6 Å². The zero-order chi connectivity index (χ0) is 16.7. The SMILES string of the molecule is COc1cccc(C[NH2+][C@@H](C)c2ccccc2)c1OCC(N)=O. The predicted octanol–water partition coefficient (Wildman–Crippen LogP) is 1.38.